The number of carbonyl (C=O) groups is 2. The fourth-order valence-corrected chi connectivity index (χ4v) is 4.50. The van der Waals surface area contributed by atoms with Gasteiger partial charge in [-0.05, 0) is 79.6 Å². The van der Waals surface area contributed by atoms with E-state index >= 15 is 0 Å². The van der Waals surface area contributed by atoms with Gasteiger partial charge in [0.25, 0.3) is 0 Å². The van der Waals surface area contributed by atoms with Crippen molar-refractivity contribution in [3.05, 3.63) is 74.6 Å². The number of ketones is 1. The molecule has 0 radical (unpaired) electrons. The number of fused-ring (bicyclic) bond motifs is 1. The van der Waals surface area contributed by atoms with Crippen molar-refractivity contribution < 1.29 is 28.6 Å². The van der Waals surface area contributed by atoms with E-state index < -0.39 is 0 Å². The summed E-state index contributed by atoms with van der Waals surface area (Å²) < 4.78 is 22.8. The van der Waals surface area contributed by atoms with Gasteiger partial charge in [-0.25, -0.2) is 4.39 Å². The zero-order valence-electron chi connectivity index (χ0n) is 21.8. The Hall–Kier alpha value is -2.96. The number of allylic oxidation sites excluding steroid dienone is 4. The number of hydrogen-bond acceptors (Lipinski definition) is 5. The Morgan fingerprint density at radius 1 is 1.14 bits per heavy atom. The van der Waals surface area contributed by atoms with Crippen LogP contribution in [0.1, 0.15) is 62.3 Å². The van der Waals surface area contributed by atoms with Crippen molar-refractivity contribution in [1.29, 1.82) is 0 Å². The zero-order valence-corrected chi connectivity index (χ0v) is 22.5. The van der Waals surface area contributed by atoms with Crippen LogP contribution >= 0.6 is 11.6 Å². The highest BCUT2D eigenvalue weighted by molar-refractivity contribution is 6.33. The molecule has 0 saturated carbocycles. The molecule has 2 aromatic carbocycles. The summed E-state index contributed by atoms with van der Waals surface area (Å²) >= 11 is 6.31. The van der Waals surface area contributed by atoms with Gasteiger partial charge in [0.2, 0.25) is 0 Å². The summed E-state index contributed by atoms with van der Waals surface area (Å²) in [6.45, 7) is 10.1. The largest absolute Gasteiger partial charge is 0.507 e. The molecule has 1 aliphatic carbocycles. The van der Waals surface area contributed by atoms with E-state index in [1.54, 1.807) is 19.9 Å². The molecule has 36 heavy (non-hydrogen) atoms. The van der Waals surface area contributed by atoms with Crippen LogP contribution in [-0.4, -0.2) is 24.0 Å². The second kappa shape index (κ2) is 13.4. The minimum atomic E-state index is -0.252. The first-order valence-electron chi connectivity index (χ1n) is 11.8. The minimum Gasteiger partial charge on any atom is -0.507 e. The number of hydrogen-bond donors (Lipinski definition) is 1. The van der Waals surface area contributed by atoms with Crippen molar-refractivity contribution >= 4 is 23.4 Å². The molecule has 1 aliphatic heterocycles. The molecule has 4 rings (SSSR count). The second-order valence-corrected chi connectivity index (χ2v) is 9.12. The number of carbonyl (C=O) groups excluding carboxylic acids is 2. The number of Topliss-reactive ketones (excluding diaryl/α,β-unsaturated/α-hetero) is 1. The third kappa shape index (κ3) is 7.28. The van der Waals surface area contributed by atoms with Crippen molar-refractivity contribution in [2.45, 2.75) is 67.1 Å². The maximum atomic E-state index is 13.0. The van der Waals surface area contributed by atoms with Gasteiger partial charge in [-0.1, -0.05) is 36.7 Å². The Morgan fingerprint density at radius 3 is 2.31 bits per heavy atom. The molecular weight excluding hydrogens is 483 g/mol. The van der Waals surface area contributed by atoms with Gasteiger partial charge < -0.3 is 14.6 Å². The smallest absolute Gasteiger partial charge is 0.305 e. The molecule has 0 fully saturated rings. The lowest BCUT2D eigenvalue weighted by Gasteiger charge is -2.13. The van der Waals surface area contributed by atoms with Crippen LogP contribution in [0.5, 0.6) is 5.75 Å². The third-order valence-corrected chi connectivity index (χ3v) is 6.29. The summed E-state index contributed by atoms with van der Waals surface area (Å²) in [6, 6.07) is 7.68. The molecule has 0 unspecified atom stereocenters. The average molecular weight is 517 g/mol. The van der Waals surface area contributed by atoms with E-state index in [0.29, 0.717) is 43.1 Å². The fourth-order valence-electron chi connectivity index (χ4n) is 4.13. The van der Waals surface area contributed by atoms with Crippen LogP contribution in [0, 0.1) is 13.8 Å². The van der Waals surface area contributed by atoms with Crippen LogP contribution in [0.2, 0.25) is 5.02 Å². The van der Waals surface area contributed by atoms with Gasteiger partial charge in [-0.2, -0.15) is 0 Å². The molecule has 0 aromatic heterocycles. The van der Waals surface area contributed by atoms with Crippen molar-refractivity contribution in [1.82, 2.24) is 0 Å². The molecule has 0 bridgehead atoms. The molecule has 2 aromatic rings. The maximum Gasteiger partial charge on any atom is 0.305 e. The monoisotopic (exact) mass is 516 g/mol. The number of methoxy groups -OCH3 is 1. The van der Waals surface area contributed by atoms with Crippen LogP contribution < -0.4 is 0 Å². The van der Waals surface area contributed by atoms with Gasteiger partial charge in [0.15, 0.2) is 5.78 Å². The van der Waals surface area contributed by atoms with Crippen LogP contribution in [0.15, 0.2) is 47.3 Å². The van der Waals surface area contributed by atoms with E-state index in [2.05, 4.69) is 17.7 Å². The first kappa shape index (κ1) is 29.3. The highest BCUT2D eigenvalue weighted by atomic mass is 35.5. The summed E-state index contributed by atoms with van der Waals surface area (Å²) in [5, 5.41) is 10.8. The van der Waals surface area contributed by atoms with Crippen molar-refractivity contribution in [2.24, 2.45) is 0 Å². The lowest BCUT2D eigenvalue weighted by molar-refractivity contribution is -0.140. The molecule has 2 aliphatic rings. The van der Waals surface area contributed by atoms with Crippen molar-refractivity contribution in [2.75, 3.05) is 7.11 Å². The summed E-state index contributed by atoms with van der Waals surface area (Å²) in [7, 11) is 1.38. The molecule has 1 heterocycles. The number of phenols is 1. The lowest BCUT2D eigenvalue weighted by atomic mass is 9.93. The molecule has 5 nitrogen and oxygen atoms in total. The Labute approximate surface area is 217 Å². The number of aromatic hydroxyl groups is 1. The molecular formula is C29H34ClFO5. The van der Waals surface area contributed by atoms with Gasteiger partial charge in [-0.15, -0.1) is 0 Å². The Kier molecular flexibility index (Phi) is 10.9. The fraction of sp³-hybridized carbons (Fsp3) is 0.379. The van der Waals surface area contributed by atoms with E-state index in [1.165, 1.54) is 25.2 Å². The first-order valence-corrected chi connectivity index (χ1v) is 12.2. The summed E-state index contributed by atoms with van der Waals surface area (Å²) in [4.78, 5) is 20.8. The summed E-state index contributed by atoms with van der Waals surface area (Å²) in [5.74, 6) is -0.355. The van der Waals surface area contributed by atoms with E-state index in [-0.39, 0.29) is 28.9 Å². The quantitative estimate of drug-likeness (QED) is 0.428. The normalized spacial score (nSPS) is 14.1. The number of rotatable bonds is 3. The second-order valence-electron chi connectivity index (χ2n) is 8.71. The zero-order chi connectivity index (χ0) is 27.0. The first-order chi connectivity index (χ1) is 17.0. The molecule has 0 atom stereocenters. The van der Waals surface area contributed by atoms with Crippen molar-refractivity contribution in [3.63, 3.8) is 0 Å². The molecule has 1 N–H and O–H groups in total. The number of esters is 1. The minimum absolute atomic E-state index is 0.157. The van der Waals surface area contributed by atoms with Gasteiger partial charge in [0.1, 0.15) is 11.6 Å². The van der Waals surface area contributed by atoms with E-state index in [4.69, 9.17) is 16.3 Å². The topological polar surface area (TPSA) is 72.8 Å². The van der Waals surface area contributed by atoms with Gasteiger partial charge in [0.05, 0.1) is 30.9 Å². The Balaban J connectivity index is 0.000000227. The van der Waals surface area contributed by atoms with Crippen LogP contribution in [0.3, 0.4) is 0 Å². The van der Waals surface area contributed by atoms with Crippen LogP contribution in [0.25, 0.3) is 11.1 Å². The standard InChI is InChI=1S/C16H15ClO2.C9H11FO.C4H8O2/c1-9-5-14(17)16(15(18)6-9)11-4-3-10(2)12-7-19-8-13(11)12;1-6-4-3-5-8(10)9(6)7(2)11;1-3-4(5)6-2/h3-6,18H,7-8H2,1-2H3;4H,3,5H2,1-2H3;3H2,1-2H3. The van der Waals surface area contributed by atoms with Crippen LogP contribution in [0.4, 0.5) is 4.39 Å². The highest BCUT2D eigenvalue weighted by Gasteiger charge is 2.21. The maximum absolute atomic E-state index is 13.0. The SMILES string of the molecule is CC(=O)C1=C(F)CCC=C1C.CCC(=O)OC.Cc1cc(O)c(-c2ccc(C)c3c2COC3)c(Cl)c1. The Bertz CT molecular complexity index is 1170. The number of aryl methyl sites for hydroxylation is 2. The van der Waals surface area contributed by atoms with Crippen LogP contribution in [-0.2, 0) is 32.3 Å². The van der Waals surface area contributed by atoms with Gasteiger partial charge in [0, 0.05) is 18.4 Å². The number of benzene rings is 2. The number of phenolic OH excluding ortho intramolecular Hbond substituents is 1. The lowest BCUT2D eigenvalue weighted by Crippen LogP contribution is -2.04. The molecule has 0 spiro atoms. The highest BCUT2D eigenvalue weighted by Crippen LogP contribution is 2.41. The van der Waals surface area contributed by atoms with Crippen molar-refractivity contribution in [3.8, 4) is 16.9 Å². The van der Waals surface area contributed by atoms with Gasteiger partial charge in [-0.3, -0.25) is 9.59 Å². The molecule has 0 amide bonds. The predicted octanol–water partition coefficient (Wildman–Crippen LogP) is 7.47. The Morgan fingerprint density at radius 2 is 1.81 bits per heavy atom. The molecule has 194 valence electrons. The van der Waals surface area contributed by atoms with Gasteiger partial charge >= 0.3 is 5.97 Å². The van der Waals surface area contributed by atoms with E-state index in [9.17, 15) is 19.1 Å². The van der Waals surface area contributed by atoms with E-state index in [0.717, 1.165) is 22.3 Å². The summed E-state index contributed by atoms with van der Waals surface area (Å²) in [6.07, 6.45) is 3.47. The number of ether oxygens (including phenoxy) is 2. The average Bonchev–Trinajstić information content (AvgIpc) is 3.31. The molecule has 0 saturated heterocycles. The predicted molar refractivity (Wildman–Crippen MR) is 141 cm³/mol. The van der Waals surface area contributed by atoms with E-state index in [1.807, 2.05) is 25.1 Å². The summed E-state index contributed by atoms with van der Waals surface area (Å²) in [5.41, 5.74) is 7.27. The third-order valence-electron chi connectivity index (χ3n) is 5.99. The number of halogens is 2. The molecule has 7 heteroatoms.